The maximum atomic E-state index is 5.98. The van der Waals surface area contributed by atoms with Gasteiger partial charge < -0.3 is 9.47 Å². The second kappa shape index (κ2) is 6.56. The molecule has 23 heavy (non-hydrogen) atoms. The molecule has 3 rings (SSSR count). The summed E-state index contributed by atoms with van der Waals surface area (Å²) in [6.45, 7) is 0. The van der Waals surface area contributed by atoms with Gasteiger partial charge in [0.15, 0.2) is 11.5 Å². The summed E-state index contributed by atoms with van der Waals surface area (Å²) in [4.78, 5) is 0.655. The Morgan fingerprint density at radius 2 is 1.74 bits per heavy atom. The molecule has 1 aliphatic rings. The van der Waals surface area contributed by atoms with Gasteiger partial charge in [0.05, 0.1) is 19.9 Å². The standard InChI is InChI=1S/C17H15ClN2O2S/c1-21-14-7-11-8-16(23)19-20-17(13(11)9-15(14)22-2)10-3-5-12(18)6-4-10/h3-7,9H,8H2,1-2H3,(H,19,23). The third-order valence-corrected chi connectivity index (χ3v) is 4.11. The first kappa shape index (κ1) is 15.8. The first-order valence-corrected chi connectivity index (χ1v) is 7.78. The number of benzene rings is 2. The van der Waals surface area contributed by atoms with Crippen LogP contribution in [-0.2, 0) is 6.42 Å². The molecule has 6 heteroatoms. The van der Waals surface area contributed by atoms with E-state index in [2.05, 4.69) is 10.5 Å². The quantitative estimate of drug-likeness (QED) is 0.863. The molecule has 1 aliphatic heterocycles. The molecule has 0 amide bonds. The minimum absolute atomic E-state index is 0.589. The van der Waals surface area contributed by atoms with Crippen molar-refractivity contribution in [1.82, 2.24) is 5.43 Å². The number of fused-ring (bicyclic) bond motifs is 1. The van der Waals surface area contributed by atoms with E-state index in [1.54, 1.807) is 14.2 Å². The lowest BCUT2D eigenvalue weighted by atomic mass is 9.95. The van der Waals surface area contributed by atoms with Gasteiger partial charge in [-0.1, -0.05) is 36.0 Å². The molecule has 0 fully saturated rings. The van der Waals surface area contributed by atoms with Crippen molar-refractivity contribution < 1.29 is 9.47 Å². The zero-order valence-electron chi connectivity index (χ0n) is 12.7. The Bertz CT molecular complexity index is 788. The number of hydrogen-bond acceptors (Lipinski definition) is 4. The SMILES string of the molecule is COc1cc2c(cc1OC)C(c1ccc(Cl)cc1)=NNC(=S)C2. The zero-order valence-corrected chi connectivity index (χ0v) is 14.3. The lowest BCUT2D eigenvalue weighted by Crippen LogP contribution is -2.16. The summed E-state index contributed by atoms with van der Waals surface area (Å²) in [7, 11) is 3.23. The number of nitrogens with zero attached hydrogens (tertiary/aromatic N) is 1. The van der Waals surface area contributed by atoms with E-state index in [1.807, 2.05) is 36.4 Å². The van der Waals surface area contributed by atoms with Crippen molar-refractivity contribution in [3.05, 3.63) is 58.1 Å². The van der Waals surface area contributed by atoms with Crippen LogP contribution >= 0.6 is 23.8 Å². The summed E-state index contributed by atoms with van der Waals surface area (Å²) in [6, 6.07) is 11.4. The molecule has 0 atom stereocenters. The van der Waals surface area contributed by atoms with E-state index in [0.29, 0.717) is 27.9 Å². The Morgan fingerprint density at radius 1 is 1.09 bits per heavy atom. The van der Waals surface area contributed by atoms with E-state index in [1.165, 1.54) is 0 Å². The molecule has 0 saturated heterocycles. The van der Waals surface area contributed by atoms with Gasteiger partial charge in [-0.25, -0.2) is 0 Å². The number of ether oxygens (including phenoxy) is 2. The number of hydrazone groups is 1. The summed E-state index contributed by atoms with van der Waals surface area (Å²) >= 11 is 11.3. The maximum absolute atomic E-state index is 5.98. The molecule has 0 saturated carbocycles. The van der Waals surface area contributed by atoms with Crippen LogP contribution < -0.4 is 14.9 Å². The van der Waals surface area contributed by atoms with Gasteiger partial charge in [0.25, 0.3) is 0 Å². The lowest BCUT2D eigenvalue weighted by molar-refractivity contribution is 0.354. The fourth-order valence-corrected chi connectivity index (χ4v) is 2.83. The highest BCUT2D eigenvalue weighted by molar-refractivity contribution is 7.80. The first-order chi connectivity index (χ1) is 11.1. The smallest absolute Gasteiger partial charge is 0.161 e. The predicted octanol–water partition coefficient (Wildman–Crippen LogP) is 3.58. The third kappa shape index (κ3) is 3.16. The molecule has 0 aromatic heterocycles. The molecular formula is C17H15ClN2O2S. The van der Waals surface area contributed by atoms with E-state index in [0.717, 1.165) is 22.4 Å². The van der Waals surface area contributed by atoms with Crippen LogP contribution in [0.25, 0.3) is 0 Å². The fraction of sp³-hybridized carbons (Fsp3) is 0.176. The van der Waals surface area contributed by atoms with Crippen LogP contribution in [0, 0.1) is 0 Å². The van der Waals surface area contributed by atoms with E-state index < -0.39 is 0 Å². The van der Waals surface area contributed by atoms with Gasteiger partial charge in [-0.3, -0.25) is 5.43 Å². The van der Waals surface area contributed by atoms with Gasteiger partial charge in [-0.05, 0) is 29.8 Å². The van der Waals surface area contributed by atoms with Crippen molar-refractivity contribution in [3.63, 3.8) is 0 Å². The number of thiocarbonyl (C=S) groups is 1. The van der Waals surface area contributed by atoms with Crippen LogP contribution in [0.3, 0.4) is 0 Å². The molecule has 0 unspecified atom stereocenters. The molecule has 0 radical (unpaired) electrons. The van der Waals surface area contributed by atoms with E-state index in [-0.39, 0.29) is 0 Å². The van der Waals surface area contributed by atoms with E-state index in [9.17, 15) is 0 Å². The van der Waals surface area contributed by atoms with Crippen LogP contribution in [-0.4, -0.2) is 24.9 Å². The average Bonchev–Trinajstić information content (AvgIpc) is 2.72. The number of hydrogen-bond donors (Lipinski definition) is 1. The summed E-state index contributed by atoms with van der Waals surface area (Å²) in [5, 5.41) is 5.14. The van der Waals surface area contributed by atoms with Crippen LogP contribution in [0.2, 0.25) is 5.02 Å². The van der Waals surface area contributed by atoms with Crippen molar-refractivity contribution in [2.24, 2.45) is 5.10 Å². The number of halogens is 1. The topological polar surface area (TPSA) is 42.9 Å². The molecule has 4 nitrogen and oxygen atoms in total. The Balaban J connectivity index is 2.19. The second-order valence-electron chi connectivity index (χ2n) is 5.04. The summed E-state index contributed by atoms with van der Waals surface area (Å²) < 4.78 is 10.8. The molecule has 2 aromatic carbocycles. The molecular weight excluding hydrogens is 332 g/mol. The summed E-state index contributed by atoms with van der Waals surface area (Å²) in [5.74, 6) is 1.33. The maximum Gasteiger partial charge on any atom is 0.161 e. The molecule has 1 heterocycles. The normalized spacial score (nSPS) is 13.5. The first-order valence-electron chi connectivity index (χ1n) is 7.00. The highest BCUT2D eigenvalue weighted by Crippen LogP contribution is 2.33. The van der Waals surface area contributed by atoms with Gasteiger partial charge in [0.2, 0.25) is 0 Å². The van der Waals surface area contributed by atoms with E-state index in [4.69, 9.17) is 33.3 Å². The number of nitrogens with one attached hydrogen (secondary N) is 1. The van der Waals surface area contributed by atoms with Crippen molar-refractivity contribution in [2.45, 2.75) is 6.42 Å². The molecule has 2 aromatic rings. The van der Waals surface area contributed by atoms with E-state index >= 15 is 0 Å². The Labute approximate surface area is 145 Å². The Kier molecular flexibility index (Phi) is 4.50. The largest absolute Gasteiger partial charge is 0.493 e. The minimum atomic E-state index is 0.589. The number of rotatable bonds is 3. The fourth-order valence-electron chi connectivity index (χ4n) is 2.51. The summed E-state index contributed by atoms with van der Waals surface area (Å²) in [6.07, 6.45) is 0.589. The van der Waals surface area contributed by atoms with Crippen LogP contribution in [0.5, 0.6) is 11.5 Å². The lowest BCUT2D eigenvalue weighted by Gasteiger charge is -2.14. The van der Waals surface area contributed by atoms with Crippen LogP contribution in [0.4, 0.5) is 0 Å². The van der Waals surface area contributed by atoms with Crippen molar-refractivity contribution in [1.29, 1.82) is 0 Å². The highest BCUT2D eigenvalue weighted by Gasteiger charge is 2.20. The molecule has 0 aliphatic carbocycles. The molecule has 1 N–H and O–H groups in total. The monoisotopic (exact) mass is 346 g/mol. The van der Waals surface area contributed by atoms with Crippen LogP contribution in [0.1, 0.15) is 16.7 Å². The van der Waals surface area contributed by atoms with Crippen molar-refractivity contribution >= 4 is 34.5 Å². The van der Waals surface area contributed by atoms with Crippen molar-refractivity contribution in [2.75, 3.05) is 14.2 Å². The highest BCUT2D eigenvalue weighted by atomic mass is 35.5. The Morgan fingerprint density at radius 3 is 2.39 bits per heavy atom. The number of methoxy groups -OCH3 is 2. The van der Waals surface area contributed by atoms with Crippen molar-refractivity contribution in [3.8, 4) is 11.5 Å². The minimum Gasteiger partial charge on any atom is -0.493 e. The predicted molar refractivity (Wildman–Crippen MR) is 96.1 cm³/mol. The summed E-state index contributed by atoms with van der Waals surface area (Å²) in [5.41, 5.74) is 6.66. The third-order valence-electron chi connectivity index (χ3n) is 3.63. The van der Waals surface area contributed by atoms with Crippen LogP contribution in [0.15, 0.2) is 41.5 Å². The average molecular weight is 347 g/mol. The zero-order chi connectivity index (χ0) is 16.4. The van der Waals surface area contributed by atoms with Gasteiger partial charge in [-0.2, -0.15) is 5.10 Å². The van der Waals surface area contributed by atoms with Gasteiger partial charge in [0, 0.05) is 22.6 Å². The van der Waals surface area contributed by atoms with Gasteiger partial charge >= 0.3 is 0 Å². The van der Waals surface area contributed by atoms with Gasteiger partial charge in [0.1, 0.15) is 4.99 Å². The second-order valence-corrected chi connectivity index (χ2v) is 5.97. The Hall–Kier alpha value is -2.11. The molecule has 0 bridgehead atoms. The molecule has 118 valence electrons. The van der Waals surface area contributed by atoms with Gasteiger partial charge in [-0.15, -0.1) is 0 Å². The molecule has 0 spiro atoms.